The van der Waals surface area contributed by atoms with Gasteiger partial charge in [-0.2, -0.15) is 0 Å². The summed E-state index contributed by atoms with van der Waals surface area (Å²) >= 11 is 0. The summed E-state index contributed by atoms with van der Waals surface area (Å²) in [5.74, 6) is -0.0552. The van der Waals surface area contributed by atoms with Gasteiger partial charge in [0.1, 0.15) is 11.6 Å². The Bertz CT molecular complexity index is 802. The van der Waals surface area contributed by atoms with E-state index >= 15 is 0 Å². The second-order valence-corrected chi connectivity index (χ2v) is 6.23. The molecule has 0 bridgehead atoms. The minimum Gasteiger partial charge on any atom is -0.497 e. The number of carbonyl (C=O) groups excluding carboxylic acids is 2. The summed E-state index contributed by atoms with van der Waals surface area (Å²) in [6, 6.07) is 13.3. The van der Waals surface area contributed by atoms with Gasteiger partial charge in [-0.25, -0.2) is 4.39 Å². The van der Waals surface area contributed by atoms with Gasteiger partial charge in [0, 0.05) is 31.7 Å². The quantitative estimate of drug-likeness (QED) is 0.872. The number of nitrogens with zero attached hydrogens (tertiary/aromatic N) is 2. The SMILES string of the molecule is COc1ccc(C(=O)NCC(=O)N2CCN(c3ccccc3F)CC2)cc1. The van der Waals surface area contributed by atoms with Crippen LogP contribution in [-0.4, -0.2) is 56.5 Å². The predicted octanol–water partition coefficient (Wildman–Crippen LogP) is 1.91. The molecule has 27 heavy (non-hydrogen) atoms. The molecule has 0 aliphatic carbocycles. The van der Waals surface area contributed by atoms with Crippen LogP contribution < -0.4 is 15.0 Å². The van der Waals surface area contributed by atoms with Crippen LogP contribution >= 0.6 is 0 Å². The molecule has 1 fully saturated rings. The number of para-hydroxylation sites is 1. The lowest BCUT2D eigenvalue weighted by atomic mass is 10.2. The second-order valence-electron chi connectivity index (χ2n) is 6.23. The van der Waals surface area contributed by atoms with Crippen molar-refractivity contribution in [3.8, 4) is 5.75 Å². The van der Waals surface area contributed by atoms with E-state index in [1.165, 1.54) is 6.07 Å². The molecular weight excluding hydrogens is 349 g/mol. The number of anilines is 1. The normalized spacial score (nSPS) is 14.0. The summed E-state index contributed by atoms with van der Waals surface area (Å²) < 4.78 is 18.9. The summed E-state index contributed by atoms with van der Waals surface area (Å²) in [4.78, 5) is 28.1. The third-order valence-electron chi connectivity index (χ3n) is 4.58. The topological polar surface area (TPSA) is 61.9 Å². The van der Waals surface area contributed by atoms with E-state index in [-0.39, 0.29) is 24.2 Å². The highest BCUT2D eigenvalue weighted by molar-refractivity contribution is 5.96. The predicted molar refractivity (Wildman–Crippen MR) is 101 cm³/mol. The smallest absolute Gasteiger partial charge is 0.251 e. The maximum atomic E-state index is 13.9. The number of methoxy groups -OCH3 is 1. The van der Waals surface area contributed by atoms with Gasteiger partial charge in [0.25, 0.3) is 5.91 Å². The van der Waals surface area contributed by atoms with Crippen molar-refractivity contribution in [2.45, 2.75) is 0 Å². The Balaban J connectivity index is 1.48. The van der Waals surface area contributed by atoms with Gasteiger partial charge in [-0.05, 0) is 36.4 Å². The van der Waals surface area contributed by atoms with Gasteiger partial charge in [0.05, 0.1) is 19.3 Å². The van der Waals surface area contributed by atoms with E-state index in [1.54, 1.807) is 54.5 Å². The van der Waals surface area contributed by atoms with Crippen LogP contribution in [0.2, 0.25) is 0 Å². The highest BCUT2D eigenvalue weighted by atomic mass is 19.1. The maximum absolute atomic E-state index is 13.9. The molecule has 0 radical (unpaired) electrons. The van der Waals surface area contributed by atoms with Gasteiger partial charge in [-0.1, -0.05) is 12.1 Å². The number of benzene rings is 2. The number of piperazine rings is 1. The fraction of sp³-hybridized carbons (Fsp3) is 0.300. The summed E-state index contributed by atoms with van der Waals surface area (Å²) in [5, 5.41) is 2.64. The Labute approximate surface area is 157 Å². The summed E-state index contributed by atoms with van der Waals surface area (Å²) in [6.07, 6.45) is 0. The average Bonchev–Trinajstić information content (AvgIpc) is 2.72. The lowest BCUT2D eigenvalue weighted by Gasteiger charge is -2.36. The second kappa shape index (κ2) is 8.53. The Morgan fingerprint density at radius 2 is 1.70 bits per heavy atom. The van der Waals surface area contributed by atoms with Gasteiger partial charge in [0.2, 0.25) is 5.91 Å². The number of hydrogen-bond acceptors (Lipinski definition) is 4. The van der Waals surface area contributed by atoms with Crippen molar-refractivity contribution in [1.82, 2.24) is 10.2 Å². The van der Waals surface area contributed by atoms with Crippen LogP contribution in [-0.2, 0) is 4.79 Å². The number of rotatable bonds is 5. The molecule has 1 aliphatic heterocycles. The number of amides is 2. The van der Waals surface area contributed by atoms with Gasteiger partial charge < -0.3 is 19.9 Å². The average molecular weight is 371 g/mol. The lowest BCUT2D eigenvalue weighted by molar-refractivity contribution is -0.130. The number of carbonyl (C=O) groups is 2. The van der Waals surface area contributed by atoms with Crippen LogP contribution in [0.25, 0.3) is 0 Å². The van der Waals surface area contributed by atoms with Crippen LogP contribution in [0.3, 0.4) is 0 Å². The first-order chi connectivity index (χ1) is 13.1. The number of hydrogen-bond donors (Lipinski definition) is 1. The minimum absolute atomic E-state index is 0.0649. The van der Waals surface area contributed by atoms with E-state index in [4.69, 9.17) is 4.74 Å². The van der Waals surface area contributed by atoms with Crippen molar-refractivity contribution >= 4 is 17.5 Å². The lowest BCUT2D eigenvalue weighted by Crippen LogP contribution is -2.51. The van der Waals surface area contributed by atoms with E-state index in [1.807, 2.05) is 4.90 Å². The van der Waals surface area contributed by atoms with Crippen LogP contribution in [0.4, 0.5) is 10.1 Å². The van der Waals surface area contributed by atoms with E-state index in [0.29, 0.717) is 43.2 Å². The Kier molecular flexibility index (Phi) is 5.90. The zero-order valence-electron chi connectivity index (χ0n) is 15.2. The molecule has 0 spiro atoms. The molecule has 1 heterocycles. The summed E-state index contributed by atoms with van der Waals surface area (Å²) in [7, 11) is 1.56. The fourth-order valence-corrected chi connectivity index (χ4v) is 3.02. The van der Waals surface area contributed by atoms with Crippen LogP contribution in [0, 0.1) is 5.82 Å². The molecule has 2 aromatic rings. The number of ether oxygens (including phenoxy) is 1. The van der Waals surface area contributed by atoms with Crippen LogP contribution in [0.1, 0.15) is 10.4 Å². The molecule has 0 aromatic heterocycles. The molecule has 7 heteroatoms. The van der Waals surface area contributed by atoms with E-state index in [9.17, 15) is 14.0 Å². The third kappa shape index (κ3) is 4.55. The molecule has 2 aromatic carbocycles. The zero-order chi connectivity index (χ0) is 19.2. The van der Waals surface area contributed by atoms with Gasteiger partial charge in [-0.15, -0.1) is 0 Å². The van der Waals surface area contributed by atoms with Crippen molar-refractivity contribution in [2.24, 2.45) is 0 Å². The van der Waals surface area contributed by atoms with E-state index < -0.39 is 0 Å². The van der Waals surface area contributed by atoms with Crippen molar-refractivity contribution in [1.29, 1.82) is 0 Å². The molecule has 0 saturated carbocycles. The van der Waals surface area contributed by atoms with E-state index in [2.05, 4.69) is 5.32 Å². The first-order valence-corrected chi connectivity index (χ1v) is 8.78. The molecule has 1 N–H and O–H groups in total. The Morgan fingerprint density at radius 1 is 1.04 bits per heavy atom. The Morgan fingerprint density at radius 3 is 2.33 bits per heavy atom. The monoisotopic (exact) mass is 371 g/mol. The number of nitrogens with one attached hydrogen (secondary N) is 1. The first kappa shape index (κ1) is 18.7. The van der Waals surface area contributed by atoms with Crippen LogP contribution in [0.15, 0.2) is 48.5 Å². The molecule has 3 rings (SSSR count). The molecule has 1 aliphatic rings. The minimum atomic E-state index is -0.309. The highest BCUT2D eigenvalue weighted by Gasteiger charge is 2.22. The zero-order valence-corrected chi connectivity index (χ0v) is 15.2. The van der Waals surface area contributed by atoms with Crippen molar-refractivity contribution in [2.75, 3.05) is 44.7 Å². The number of halogens is 1. The van der Waals surface area contributed by atoms with Crippen molar-refractivity contribution in [3.63, 3.8) is 0 Å². The van der Waals surface area contributed by atoms with Gasteiger partial charge in [0.15, 0.2) is 0 Å². The summed E-state index contributed by atoms with van der Waals surface area (Å²) in [5.41, 5.74) is 1.02. The highest BCUT2D eigenvalue weighted by Crippen LogP contribution is 2.20. The molecule has 1 saturated heterocycles. The van der Waals surface area contributed by atoms with Crippen LogP contribution in [0.5, 0.6) is 5.75 Å². The third-order valence-corrected chi connectivity index (χ3v) is 4.58. The molecule has 142 valence electrons. The fourth-order valence-electron chi connectivity index (χ4n) is 3.02. The molecule has 0 atom stereocenters. The largest absolute Gasteiger partial charge is 0.497 e. The van der Waals surface area contributed by atoms with Gasteiger partial charge in [-0.3, -0.25) is 9.59 Å². The molecule has 2 amide bonds. The maximum Gasteiger partial charge on any atom is 0.251 e. The molecule has 6 nitrogen and oxygen atoms in total. The van der Waals surface area contributed by atoms with E-state index in [0.717, 1.165) is 0 Å². The van der Waals surface area contributed by atoms with Crippen molar-refractivity contribution < 1.29 is 18.7 Å². The Hall–Kier alpha value is -3.09. The molecule has 0 unspecified atom stereocenters. The summed E-state index contributed by atoms with van der Waals surface area (Å²) in [6.45, 7) is 2.03. The standard InChI is InChI=1S/C20H22FN3O3/c1-27-16-8-6-15(7-9-16)20(26)22-14-19(25)24-12-10-23(11-13-24)18-5-3-2-4-17(18)21/h2-9H,10-14H2,1H3,(H,22,26). The molecular formula is C20H22FN3O3. The van der Waals surface area contributed by atoms with Gasteiger partial charge >= 0.3 is 0 Å². The first-order valence-electron chi connectivity index (χ1n) is 8.78. The van der Waals surface area contributed by atoms with Crippen molar-refractivity contribution in [3.05, 3.63) is 59.9 Å².